The molecule has 0 aliphatic carbocycles. The average molecular weight is 366 g/mol. The molecule has 5 nitrogen and oxygen atoms in total. The van der Waals surface area contributed by atoms with E-state index in [0.717, 1.165) is 5.56 Å². The lowest BCUT2D eigenvalue weighted by Crippen LogP contribution is -2.12. The van der Waals surface area contributed by atoms with E-state index in [1.165, 1.54) is 7.11 Å². The molecule has 1 heterocycles. The van der Waals surface area contributed by atoms with Crippen LogP contribution in [-0.4, -0.2) is 23.2 Å². The summed E-state index contributed by atoms with van der Waals surface area (Å²) >= 11 is 6.25. The van der Waals surface area contributed by atoms with E-state index >= 15 is 0 Å². The van der Waals surface area contributed by atoms with Crippen molar-refractivity contribution >= 4 is 34.0 Å². The van der Waals surface area contributed by atoms with Crippen LogP contribution in [0, 0.1) is 0 Å². The van der Waals surface area contributed by atoms with E-state index in [-0.39, 0.29) is 22.9 Å². The fourth-order valence-electron chi connectivity index (χ4n) is 1.69. The molecule has 0 unspecified atom stereocenters. The minimum absolute atomic E-state index is 0.0730. The Kier molecular flexibility index (Phi) is 5.42. The van der Waals surface area contributed by atoms with Crippen LogP contribution in [0.15, 0.2) is 18.2 Å². The van der Waals surface area contributed by atoms with Crippen molar-refractivity contribution in [3.05, 3.63) is 33.8 Å². The number of alkyl halides is 3. The van der Waals surface area contributed by atoms with Crippen LogP contribution < -0.4 is 10.1 Å². The quantitative estimate of drug-likeness (QED) is 0.875. The number of carbonyl (C=O) groups is 1. The van der Waals surface area contributed by atoms with Gasteiger partial charge in [-0.2, -0.15) is 13.2 Å². The number of nitrogens with zero attached hydrogens (tertiary/aromatic N) is 2. The van der Waals surface area contributed by atoms with Crippen molar-refractivity contribution < 1.29 is 22.7 Å². The maximum absolute atomic E-state index is 12.4. The Hall–Kier alpha value is -1.87. The Morgan fingerprint density at radius 1 is 1.39 bits per heavy atom. The van der Waals surface area contributed by atoms with E-state index in [1.54, 1.807) is 18.2 Å². The second-order valence-electron chi connectivity index (χ2n) is 4.43. The van der Waals surface area contributed by atoms with Crippen LogP contribution in [-0.2, 0) is 17.4 Å². The zero-order chi connectivity index (χ0) is 17.0. The summed E-state index contributed by atoms with van der Waals surface area (Å²) < 4.78 is 42.2. The zero-order valence-corrected chi connectivity index (χ0v) is 13.3. The molecule has 0 radical (unpaired) electrons. The molecule has 2 aromatic rings. The summed E-state index contributed by atoms with van der Waals surface area (Å²) in [5, 5.41) is 7.70. The van der Waals surface area contributed by atoms with Crippen molar-refractivity contribution in [3.8, 4) is 5.75 Å². The van der Waals surface area contributed by atoms with Gasteiger partial charge in [0.2, 0.25) is 16.0 Å². The number of hydrogen-bond donors (Lipinski definition) is 1. The highest BCUT2D eigenvalue weighted by Crippen LogP contribution is 2.33. The molecule has 23 heavy (non-hydrogen) atoms. The summed E-state index contributed by atoms with van der Waals surface area (Å²) in [5.74, 6) is 0.0650. The van der Waals surface area contributed by atoms with Gasteiger partial charge in [-0.1, -0.05) is 29.0 Å². The van der Waals surface area contributed by atoms with E-state index in [9.17, 15) is 18.0 Å². The van der Waals surface area contributed by atoms with E-state index in [2.05, 4.69) is 15.5 Å². The number of carbonyl (C=O) groups excluding carboxylic acids is 1. The van der Waals surface area contributed by atoms with Crippen LogP contribution in [0.25, 0.3) is 0 Å². The maximum atomic E-state index is 12.4. The first kappa shape index (κ1) is 17.5. The molecular weight excluding hydrogens is 355 g/mol. The Morgan fingerprint density at radius 2 is 2.13 bits per heavy atom. The van der Waals surface area contributed by atoms with Crippen LogP contribution in [0.4, 0.5) is 18.3 Å². The number of rotatable bonds is 5. The first-order valence-electron chi connectivity index (χ1n) is 6.32. The van der Waals surface area contributed by atoms with E-state index < -0.39 is 17.1 Å². The Balaban J connectivity index is 1.90. The summed E-state index contributed by atoms with van der Waals surface area (Å²) in [7, 11) is 1.49. The molecule has 0 fully saturated rings. The first-order valence-corrected chi connectivity index (χ1v) is 7.52. The molecule has 0 bridgehead atoms. The van der Waals surface area contributed by atoms with Crippen molar-refractivity contribution in [2.24, 2.45) is 0 Å². The van der Waals surface area contributed by atoms with Gasteiger partial charge < -0.3 is 10.1 Å². The average Bonchev–Trinajstić information content (AvgIpc) is 2.94. The van der Waals surface area contributed by atoms with Crippen molar-refractivity contribution in [2.45, 2.75) is 19.0 Å². The van der Waals surface area contributed by atoms with Crippen molar-refractivity contribution in [2.75, 3.05) is 12.4 Å². The number of nitrogens with one attached hydrogen (secondary N) is 1. The molecule has 0 saturated heterocycles. The minimum Gasteiger partial charge on any atom is -0.495 e. The molecule has 1 N–H and O–H groups in total. The van der Waals surface area contributed by atoms with Crippen molar-refractivity contribution in [3.63, 3.8) is 0 Å². The topological polar surface area (TPSA) is 64.1 Å². The Morgan fingerprint density at radius 3 is 2.70 bits per heavy atom. The number of aryl methyl sites for hydroxylation is 1. The number of hydrogen-bond acceptors (Lipinski definition) is 5. The highest BCUT2D eigenvalue weighted by molar-refractivity contribution is 7.15. The number of ether oxygens (including phenoxy) is 1. The third-order valence-corrected chi connectivity index (χ3v) is 3.95. The molecule has 10 heteroatoms. The molecule has 0 aliphatic rings. The molecular formula is C13H11ClF3N3O2S. The molecule has 0 saturated carbocycles. The monoisotopic (exact) mass is 365 g/mol. The predicted molar refractivity (Wildman–Crippen MR) is 79.9 cm³/mol. The number of amides is 1. The van der Waals surface area contributed by atoms with E-state index in [4.69, 9.17) is 16.3 Å². The minimum atomic E-state index is -4.57. The van der Waals surface area contributed by atoms with Crippen molar-refractivity contribution in [1.29, 1.82) is 0 Å². The van der Waals surface area contributed by atoms with Gasteiger partial charge in [0.25, 0.3) is 0 Å². The van der Waals surface area contributed by atoms with Gasteiger partial charge in [0, 0.05) is 6.42 Å². The number of halogens is 4. The molecule has 2 rings (SSSR count). The lowest BCUT2D eigenvalue weighted by molar-refractivity contribution is -0.138. The van der Waals surface area contributed by atoms with Gasteiger partial charge >= 0.3 is 6.18 Å². The number of aromatic nitrogens is 2. The van der Waals surface area contributed by atoms with Gasteiger partial charge in [-0.3, -0.25) is 4.79 Å². The van der Waals surface area contributed by atoms with E-state index in [1.807, 2.05) is 0 Å². The Labute approximate surface area is 138 Å². The van der Waals surface area contributed by atoms with Gasteiger partial charge in [0.05, 0.1) is 12.1 Å². The van der Waals surface area contributed by atoms with Crippen LogP contribution in [0.3, 0.4) is 0 Å². The highest BCUT2D eigenvalue weighted by atomic mass is 35.5. The Bertz CT molecular complexity index is 706. The normalized spacial score (nSPS) is 11.3. The molecule has 1 aromatic carbocycles. The molecule has 0 aliphatic heterocycles. The standard InChI is InChI=1S/C13H11ClF3N3O2S/c1-22-9-4-2-7(6-8(9)14)3-5-10(21)18-12-20-19-11(23-12)13(15,16)17/h2,4,6H,3,5H2,1H3,(H,18,20,21). The molecule has 0 atom stereocenters. The van der Waals surface area contributed by atoms with Crippen LogP contribution in [0.2, 0.25) is 5.02 Å². The molecule has 1 aromatic heterocycles. The zero-order valence-electron chi connectivity index (χ0n) is 11.8. The second kappa shape index (κ2) is 7.14. The summed E-state index contributed by atoms with van der Waals surface area (Å²) in [6, 6.07) is 5.10. The van der Waals surface area contributed by atoms with E-state index in [0.29, 0.717) is 17.2 Å². The SMILES string of the molecule is COc1ccc(CCC(=O)Nc2nnc(C(F)(F)F)s2)cc1Cl. The van der Waals surface area contributed by atoms with Crippen LogP contribution in [0.1, 0.15) is 17.0 Å². The lowest BCUT2D eigenvalue weighted by atomic mass is 10.1. The fraction of sp³-hybridized carbons (Fsp3) is 0.308. The molecule has 124 valence electrons. The second-order valence-corrected chi connectivity index (χ2v) is 5.81. The summed E-state index contributed by atoms with van der Waals surface area (Å²) in [4.78, 5) is 11.7. The maximum Gasteiger partial charge on any atom is 0.445 e. The van der Waals surface area contributed by atoms with Crippen molar-refractivity contribution in [1.82, 2.24) is 10.2 Å². The summed E-state index contributed by atoms with van der Waals surface area (Å²) in [6.07, 6.45) is -4.12. The van der Waals surface area contributed by atoms with Gasteiger partial charge in [-0.15, -0.1) is 10.2 Å². The van der Waals surface area contributed by atoms with Gasteiger partial charge in [-0.05, 0) is 24.1 Å². The van der Waals surface area contributed by atoms with Gasteiger partial charge in [0.15, 0.2) is 0 Å². The number of benzene rings is 1. The largest absolute Gasteiger partial charge is 0.495 e. The van der Waals surface area contributed by atoms with Gasteiger partial charge in [0.1, 0.15) is 5.75 Å². The smallest absolute Gasteiger partial charge is 0.445 e. The highest BCUT2D eigenvalue weighted by Gasteiger charge is 2.35. The molecule has 1 amide bonds. The summed E-state index contributed by atoms with van der Waals surface area (Å²) in [6.45, 7) is 0. The third-order valence-electron chi connectivity index (χ3n) is 2.77. The summed E-state index contributed by atoms with van der Waals surface area (Å²) in [5.41, 5.74) is 0.805. The number of anilines is 1. The van der Waals surface area contributed by atoms with Crippen LogP contribution >= 0.6 is 22.9 Å². The van der Waals surface area contributed by atoms with Crippen LogP contribution in [0.5, 0.6) is 5.75 Å². The fourth-order valence-corrected chi connectivity index (χ4v) is 2.60. The molecule has 0 spiro atoms. The predicted octanol–water partition coefficient (Wildman–Crippen LogP) is 3.79. The first-order chi connectivity index (χ1) is 10.8. The number of methoxy groups -OCH3 is 1. The van der Waals surface area contributed by atoms with Gasteiger partial charge in [-0.25, -0.2) is 0 Å². The third kappa shape index (κ3) is 4.80. The lowest BCUT2D eigenvalue weighted by Gasteiger charge is -2.06.